The molecule has 1 amide bonds. The maximum atomic E-state index is 12.7. The number of carbonyl (C=O) groups is 1. The molecule has 132 valence electrons. The first-order valence-corrected chi connectivity index (χ1v) is 9.48. The predicted octanol–water partition coefficient (Wildman–Crippen LogP) is 2.86. The lowest BCUT2D eigenvalue weighted by atomic mass is 10.1. The number of imidazole rings is 1. The van der Waals surface area contributed by atoms with E-state index in [1.807, 2.05) is 24.4 Å². The van der Waals surface area contributed by atoms with E-state index in [9.17, 15) is 9.59 Å². The van der Waals surface area contributed by atoms with E-state index in [0.717, 1.165) is 29.5 Å². The van der Waals surface area contributed by atoms with Crippen LogP contribution in [0.5, 0.6) is 0 Å². The molecule has 7 heteroatoms. The molecule has 3 rings (SSSR count). The van der Waals surface area contributed by atoms with Crippen molar-refractivity contribution in [2.75, 3.05) is 6.54 Å². The highest BCUT2D eigenvalue weighted by molar-refractivity contribution is 7.08. The average Bonchev–Trinajstić information content (AvgIpc) is 3.22. The van der Waals surface area contributed by atoms with Gasteiger partial charge in [0.1, 0.15) is 6.54 Å². The van der Waals surface area contributed by atoms with Gasteiger partial charge in [-0.15, -0.1) is 0 Å². The standard InChI is InChI=1S/C18H22N4O2S/c1-3-5-7-19-16(23)11-22-17-15(21(4-2)18(22)24)9-14(10-20-17)13-6-8-25-12-13/h6,8-10,12H,3-5,7,11H2,1-2H3,(H,19,23). The Morgan fingerprint density at radius 3 is 2.80 bits per heavy atom. The van der Waals surface area contributed by atoms with E-state index in [1.165, 1.54) is 4.57 Å². The third-order valence-electron chi connectivity index (χ3n) is 4.18. The molecule has 0 aliphatic carbocycles. The number of pyridine rings is 1. The van der Waals surface area contributed by atoms with Crippen LogP contribution in [-0.2, 0) is 17.9 Å². The van der Waals surface area contributed by atoms with E-state index in [1.54, 1.807) is 22.1 Å². The molecule has 0 aliphatic rings. The summed E-state index contributed by atoms with van der Waals surface area (Å²) in [6.07, 6.45) is 3.71. The quantitative estimate of drug-likeness (QED) is 0.660. The number of nitrogens with zero attached hydrogens (tertiary/aromatic N) is 3. The average molecular weight is 358 g/mol. The van der Waals surface area contributed by atoms with Gasteiger partial charge in [0.2, 0.25) is 5.91 Å². The van der Waals surface area contributed by atoms with Crippen molar-refractivity contribution >= 4 is 28.4 Å². The Balaban J connectivity index is 1.97. The molecule has 0 aromatic carbocycles. The van der Waals surface area contributed by atoms with Crippen molar-refractivity contribution in [3.63, 3.8) is 0 Å². The van der Waals surface area contributed by atoms with E-state index in [-0.39, 0.29) is 18.1 Å². The molecular formula is C18H22N4O2S. The summed E-state index contributed by atoms with van der Waals surface area (Å²) in [4.78, 5) is 29.3. The summed E-state index contributed by atoms with van der Waals surface area (Å²) in [7, 11) is 0. The van der Waals surface area contributed by atoms with E-state index in [2.05, 4.69) is 22.6 Å². The topological polar surface area (TPSA) is 68.9 Å². The van der Waals surface area contributed by atoms with Gasteiger partial charge >= 0.3 is 5.69 Å². The summed E-state index contributed by atoms with van der Waals surface area (Å²) in [5.41, 5.74) is 3.17. The van der Waals surface area contributed by atoms with E-state index >= 15 is 0 Å². The highest BCUT2D eigenvalue weighted by atomic mass is 32.1. The Labute approximate surface area is 150 Å². The second-order valence-electron chi connectivity index (χ2n) is 5.90. The fourth-order valence-corrected chi connectivity index (χ4v) is 3.50. The SMILES string of the molecule is CCCCNC(=O)Cn1c(=O)n(CC)c2cc(-c3ccsc3)cnc21. The number of hydrogen-bond donors (Lipinski definition) is 1. The van der Waals surface area contributed by atoms with Crippen molar-refractivity contribution in [2.24, 2.45) is 0 Å². The van der Waals surface area contributed by atoms with Crippen molar-refractivity contribution in [1.29, 1.82) is 0 Å². The summed E-state index contributed by atoms with van der Waals surface area (Å²) in [5.74, 6) is -0.158. The molecule has 0 unspecified atom stereocenters. The molecule has 0 aliphatic heterocycles. The van der Waals surface area contributed by atoms with Crippen molar-refractivity contribution < 1.29 is 4.79 Å². The van der Waals surface area contributed by atoms with Gasteiger partial charge in [0.25, 0.3) is 0 Å². The van der Waals surface area contributed by atoms with Crippen LogP contribution in [0.25, 0.3) is 22.3 Å². The van der Waals surface area contributed by atoms with Gasteiger partial charge in [-0.05, 0) is 41.8 Å². The highest BCUT2D eigenvalue weighted by Crippen LogP contribution is 2.24. The Kier molecular flexibility index (Phi) is 5.33. The largest absolute Gasteiger partial charge is 0.355 e. The minimum atomic E-state index is -0.196. The third-order valence-corrected chi connectivity index (χ3v) is 4.86. The lowest BCUT2D eigenvalue weighted by molar-refractivity contribution is -0.121. The molecule has 3 heterocycles. The van der Waals surface area contributed by atoms with Crippen molar-refractivity contribution in [2.45, 2.75) is 39.8 Å². The zero-order valence-electron chi connectivity index (χ0n) is 14.5. The minimum absolute atomic E-state index is 0.00313. The molecule has 25 heavy (non-hydrogen) atoms. The number of rotatable bonds is 7. The maximum Gasteiger partial charge on any atom is 0.330 e. The normalized spacial score (nSPS) is 11.1. The van der Waals surface area contributed by atoms with Gasteiger partial charge in [-0.1, -0.05) is 13.3 Å². The number of unbranched alkanes of at least 4 members (excludes halogenated alkanes) is 1. The Morgan fingerprint density at radius 1 is 1.28 bits per heavy atom. The Morgan fingerprint density at radius 2 is 2.12 bits per heavy atom. The molecule has 0 atom stereocenters. The molecule has 1 N–H and O–H groups in total. The van der Waals surface area contributed by atoms with Crippen molar-refractivity contribution in [1.82, 2.24) is 19.4 Å². The fourth-order valence-electron chi connectivity index (χ4n) is 2.83. The third kappa shape index (κ3) is 3.51. The fraction of sp³-hybridized carbons (Fsp3) is 0.389. The zero-order valence-corrected chi connectivity index (χ0v) is 15.3. The molecule has 6 nitrogen and oxygen atoms in total. The second-order valence-corrected chi connectivity index (χ2v) is 6.68. The maximum absolute atomic E-state index is 12.7. The molecular weight excluding hydrogens is 336 g/mol. The van der Waals surface area contributed by atoms with Crippen LogP contribution in [0.4, 0.5) is 0 Å². The van der Waals surface area contributed by atoms with Crippen LogP contribution in [0.3, 0.4) is 0 Å². The monoisotopic (exact) mass is 358 g/mol. The number of nitrogens with one attached hydrogen (secondary N) is 1. The molecule has 0 saturated carbocycles. The smallest absolute Gasteiger partial charge is 0.330 e. The second kappa shape index (κ2) is 7.65. The highest BCUT2D eigenvalue weighted by Gasteiger charge is 2.16. The summed E-state index contributed by atoms with van der Waals surface area (Å²) in [6, 6.07) is 4.00. The van der Waals surface area contributed by atoms with Gasteiger partial charge < -0.3 is 5.32 Å². The first-order valence-electron chi connectivity index (χ1n) is 8.54. The zero-order chi connectivity index (χ0) is 17.8. The number of amides is 1. The van der Waals surface area contributed by atoms with Crippen LogP contribution in [0.15, 0.2) is 33.9 Å². The number of thiophene rings is 1. The summed E-state index contributed by atoms with van der Waals surface area (Å²) in [6.45, 7) is 5.15. The van der Waals surface area contributed by atoms with Crippen LogP contribution < -0.4 is 11.0 Å². The van der Waals surface area contributed by atoms with Gasteiger partial charge in [-0.3, -0.25) is 13.9 Å². The molecule has 0 bridgehead atoms. The van der Waals surface area contributed by atoms with Crippen LogP contribution in [0.1, 0.15) is 26.7 Å². The molecule has 3 aromatic rings. The van der Waals surface area contributed by atoms with Gasteiger partial charge in [0.05, 0.1) is 5.52 Å². The van der Waals surface area contributed by atoms with Crippen LogP contribution >= 0.6 is 11.3 Å². The predicted molar refractivity (Wildman–Crippen MR) is 101 cm³/mol. The van der Waals surface area contributed by atoms with Gasteiger partial charge in [-0.25, -0.2) is 9.78 Å². The molecule has 3 aromatic heterocycles. The molecule has 0 radical (unpaired) electrons. The summed E-state index contributed by atoms with van der Waals surface area (Å²) >= 11 is 1.62. The van der Waals surface area contributed by atoms with Crippen LogP contribution in [-0.4, -0.2) is 26.6 Å². The molecule has 0 fully saturated rings. The summed E-state index contributed by atoms with van der Waals surface area (Å²) < 4.78 is 3.12. The number of aryl methyl sites for hydroxylation is 1. The minimum Gasteiger partial charge on any atom is -0.355 e. The van der Waals surface area contributed by atoms with Crippen LogP contribution in [0.2, 0.25) is 0 Å². The lowest BCUT2D eigenvalue weighted by Gasteiger charge is -2.05. The Hall–Kier alpha value is -2.41. The lowest BCUT2D eigenvalue weighted by Crippen LogP contribution is -2.33. The van der Waals surface area contributed by atoms with E-state index in [4.69, 9.17) is 0 Å². The summed E-state index contributed by atoms with van der Waals surface area (Å²) in [5, 5.41) is 6.91. The van der Waals surface area contributed by atoms with Gasteiger partial charge in [0, 0.05) is 24.8 Å². The van der Waals surface area contributed by atoms with Gasteiger partial charge in [0.15, 0.2) is 5.65 Å². The number of hydrogen-bond acceptors (Lipinski definition) is 4. The van der Waals surface area contributed by atoms with E-state index in [0.29, 0.717) is 18.7 Å². The molecule has 0 spiro atoms. The first kappa shape index (κ1) is 17.4. The molecule has 0 saturated heterocycles. The number of fused-ring (bicyclic) bond motifs is 1. The van der Waals surface area contributed by atoms with Crippen molar-refractivity contribution in [3.8, 4) is 11.1 Å². The number of aromatic nitrogens is 3. The van der Waals surface area contributed by atoms with Crippen LogP contribution in [0, 0.1) is 0 Å². The van der Waals surface area contributed by atoms with E-state index < -0.39 is 0 Å². The number of carbonyl (C=O) groups excluding carboxylic acids is 1. The van der Waals surface area contributed by atoms with Gasteiger partial charge in [-0.2, -0.15) is 11.3 Å². The Bertz CT molecular complexity index is 925. The first-order chi connectivity index (χ1) is 12.2. The van der Waals surface area contributed by atoms with Crippen molar-refractivity contribution in [3.05, 3.63) is 39.6 Å².